The van der Waals surface area contributed by atoms with Crippen molar-refractivity contribution in [2.45, 2.75) is 98.5 Å². The molecular weight excluding hydrogens is 396 g/mol. The molecule has 178 valence electrons. The van der Waals surface area contributed by atoms with Gasteiger partial charge in [-0.2, -0.15) is 0 Å². The number of carboxylic acid groups (broad SMARTS) is 1. The Kier molecular flexibility index (Phi) is 6.29. The Morgan fingerprint density at radius 3 is 2.56 bits per heavy atom. The Hall–Kier alpha value is -1.35. The summed E-state index contributed by atoms with van der Waals surface area (Å²) < 4.78 is 0. The Bertz CT molecular complexity index is 846. The van der Waals surface area contributed by atoms with Crippen LogP contribution in [0.2, 0.25) is 0 Å². The minimum Gasteiger partial charge on any atom is -0.481 e. The fraction of sp³-hybridized carbons (Fsp3) is 0.759. The largest absolute Gasteiger partial charge is 0.481 e. The summed E-state index contributed by atoms with van der Waals surface area (Å²) in [6.45, 7) is 15.6. The van der Waals surface area contributed by atoms with Crippen LogP contribution in [-0.2, 0) is 4.79 Å². The summed E-state index contributed by atoms with van der Waals surface area (Å²) in [6.07, 6.45) is 11.0. The van der Waals surface area contributed by atoms with Crippen LogP contribution in [0.25, 0.3) is 0 Å². The first-order chi connectivity index (χ1) is 15.0. The van der Waals surface area contributed by atoms with E-state index in [0.717, 1.165) is 32.1 Å². The predicted octanol–water partition coefficient (Wildman–Crippen LogP) is 6.93. The molecule has 0 radical (unpaired) electrons. The summed E-state index contributed by atoms with van der Waals surface area (Å²) >= 11 is 0. The number of fused-ring (bicyclic) bond motifs is 4. The molecule has 3 heteroatoms. The van der Waals surface area contributed by atoms with E-state index < -0.39 is 17.5 Å². The minimum atomic E-state index is -1.04. The molecule has 0 spiro atoms. The fourth-order valence-corrected chi connectivity index (χ4v) is 8.34. The van der Waals surface area contributed by atoms with Crippen LogP contribution in [0.3, 0.4) is 0 Å². The van der Waals surface area contributed by atoms with Gasteiger partial charge in [-0.1, -0.05) is 48.8 Å². The quantitative estimate of drug-likeness (QED) is 0.456. The van der Waals surface area contributed by atoms with Crippen LogP contribution >= 0.6 is 0 Å². The molecule has 3 nitrogen and oxygen atoms in total. The number of hydrogen-bond acceptors (Lipinski definition) is 2. The number of allylic oxidation sites excluding steroid dienone is 5. The summed E-state index contributed by atoms with van der Waals surface area (Å²) in [5.74, 6) is 1.64. The third kappa shape index (κ3) is 3.54. The van der Waals surface area contributed by atoms with Crippen LogP contribution in [0, 0.1) is 40.4 Å². The van der Waals surface area contributed by atoms with E-state index in [4.69, 9.17) is 0 Å². The number of aliphatic hydroxyl groups is 1. The SMILES string of the molecule is C=C1C(C(C)CCC=C(C)C)CCC2C3=C(CC12)C1(C)CCC(O)C(C)(C(=O)O)C1CC3. The van der Waals surface area contributed by atoms with E-state index in [0.29, 0.717) is 30.1 Å². The second kappa shape index (κ2) is 8.46. The van der Waals surface area contributed by atoms with Crippen LogP contribution < -0.4 is 0 Å². The van der Waals surface area contributed by atoms with Gasteiger partial charge in [-0.3, -0.25) is 4.79 Å². The van der Waals surface area contributed by atoms with Crippen LogP contribution in [0.1, 0.15) is 92.4 Å². The first kappa shape index (κ1) is 23.8. The maximum Gasteiger partial charge on any atom is 0.312 e. The number of aliphatic carboxylic acids is 1. The van der Waals surface area contributed by atoms with Gasteiger partial charge in [0.05, 0.1) is 11.5 Å². The monoisotopic (exact) mass is 440 g/mol. The number of aliphatic hydroxyl groups excluding tert-OH is 1. The molecule has 0 aromatic rings. The van der Waals surface area contributed by atoms with Crippen molar-refractivity contribution < 1.29 is 15.0 Å². The van der Waals surface area contributed by atoms with Crippen molar-refractivity contribution in [2.75, 3.05) is 0 Å². The zero-order valence-corrected chi connectivity index (χ0v) is 20.9. The normalized spacial score (nSPS) is 42.1. The number of carboxylic acids is 1. The molecule has 2 N–H and O–H groups in total. The highest BCUT2D eigenvalue weighted by atomic mass is 16.4. The topological polar surface area (TPSA) is 57.5 Å². The lowest BCUT2D eigenvalue weighted by Crippen LogP contribution is -2.57. The Balaban J connectivity index is 1.55. The molecule has 32 heavy (non-hydrogen) atoms. The number of hydrogen-bond donors (Lipinski definition) is 2. The van der Waals surface area contributed by atoms with Gasteiger partial charge in [-0.15, -0.1) is 0 Å². The third-order valence-electron chi connectivity index (χ3n) is 10.3. The summed E-state index contributed by atoms with van der Waals surface area (Å²) in [6, 6.07) is 0. The molecule has 0 bridgehead atoms. The zero-order valence-electron chi connectivity index (χ0n) is 20.9. The zero-order chi connectivity index (χ0) is 23.4. The molecule has 0 amide bonds. The van der Waals surface area contributed by atoms with Gasteiger partial charge < -0.3 is 10.2 Å². The molecule has 0 aliphatic heterocycles. The van der Waals surface area contributed by atoms with Crippen LogP contribution in [0.15, 0.2) is 34.9 Å². The molecule has 0 saturated heterocycles. The minimum absolute atomic E-state index is 0.0159. The molecule has 4 rings (SSSR count). The molecule has 8 atom stereocenters. The lowest BCUT2D eigenvalue weighted by molar-refractivity contribution is -0.174. The summed E-state index contributed by atoms with van der Waals surface area (Å²) in [4.78, 5) is 12.3. The Labute approximate surface area is 195 Å². The lowest BCUT2D eigenvalue weighted by Gasteiger charge is -2.55. The van der Waals surface area contributed by atoms with Crippen molar-refractivity contribution in [2.24, 2.45) is 40.4 Å². The van der Waals surface area contributed by atoms with Crippen molar-refractivity contribution in [1.82, 2.24) is 0 Å². The summed E-state index contributed by atoms with van der Waals surface area (Å²) in [7, 11) is 0. The Morgan fingerprint density at radius 1 is 1.19 bits per heavy atom. The molecule has 0 aromatic heterocycles. The van der Waals surface area contributed by atoms with Crippen molar-refractivity contribution in [1.29, 1.82) is 0 Å². The van der Waals surface area contributed by atoms with Gasteiger partial charge in [0, 0.05) is 0 Å². The second-order valence-corrected chi connectivity index (χ2v) is 12.2. The lowest BCUT2D eigenvalue weighted by atomic mass is 9.49. The molecule has 4 aliphatic carbocycles. The highest BCUT2D eigenvalue weighted by Crippen LogP contribution is 2.66. The van der Waals surface area contributed by atoms with E-state index >= 15 is 0 Å². The van der Waals surface area contributed by atoms with Gasteiger partial charge in [-0.25, -0.2) is 0 Å². The van der Waals surface area contributed by atoms with Gasteiger partial charge >= 0.3 is 5.97 Å². The Morgan fingerprint density at radius 2 is 1.91 bits per heavy atom. The second-order valence-electron chi connectivity index (χ2n) is 12.2. The average molecular weight is 441 g/mol. The smallest absolute Gasteiger partial charge is 0.312 e. The van der Waals surface area contributed by atoms with Crippen LogP contribution in [-0.4, -0.2) is 22.3 Å². The molecule has 2 saturated carbocycles. The van der Waals surface area contributed by atoms with Crippen LogP contribution in [0.5, 0.6) is 0 Å². The average Bonchev–Trinajstić information content (AvgIpc) is 3.12. The first-order valence-electron chi connectivity index (χ1n) is 13.0. The first-order valence-corrected chi connectivity index (χ1v) is 13.0. The van der Waals surface area contributed by atoms with Crippen molar-refractivity contribution >= 4 is 5.97 Å². The van der Waals surface area contributed by atoms with Gasteiger partial charge in [-0.05, 0) is 114 Å². The van der Waals surface area contributed by atoms with Gasteiger partial charge in [0.15, 0.2) is 0 Å². The number of carbonyl (C=O) groups is 1. The highest BCUT2D eigenvalue weighted by Gasteiger charge is 2.61. The summed E-state index contributed by atoms with van der Waals surface area (Å²) in [5, 5.41) is 20.8. The van der Waals surface area contributed by atoms with E-state index in [1.165, 1.54) is 30.4 Å². The summed E-state index contributed by atoms with van der Waals surface area (Å²) in [5.41, 5.74) is 4.94. The van der Waals surface area contributed by atoms with E-state index in [1.54, 1.807) is 18.1 Å². The van der Waals surface area contributed by atoms with E-state index in [1.807, 2.05) is 0 Å². The third-order valence-corrected chi connectivity index (χ3v) is 10.3. The fourth-order valence-electron chi connectivity index (χ4n) is 8.34. The standard InChI is InChI=1S/C29H44O3/c1-17(2)8-7-9-18(3)20-10-11-21-22-12-13-25-28(5,24(22)16-23(21)19(20)4)15-14-26(30)29(25,6)27(31)32/h8,18,20-21,23,25-26,30H,4,7,9-16H2,1-3,5-6H3,(H,31,32). The van der Waals surface area contributed by atoms with E-state index in [-0.39, 0.29) is 11.3 Å². The maximum atomic E-state index is 12.3. The molecule has 2 fully saturated rings. The van der Waals surface area contributed by atoms with Crippen molar-refractivity contribution in [3.8, 4) is 0 Å². The van der Waals surface area contributed by atoms with Gasteiger partial charge in [0.25, 0.3) is 0 Å². The molecule has 4 aliphatic rings. The van der Waals surface area contributed by atoms with Gasteiger partial charge in [0.1, 0.15) is 0 Å². The predicted molar refractivity (Wildman–Crippen MR) is 130 cm³/mol. The van der Waals surface area contributed by atoms with Crippen LogP contribution in [0.4, 0.5) is 0 Å². The van der Waals surface area contributed by atoms with E-state index in [9.17, 15) is 15.0 Å². The highest BCUT2D eigenvalue weighted by molar-refractivity contribution is 5.76. The van der Waals surface area contributed by atoms with Crippen molar-refractivity contribution in [3.05, 3.63) is 34.9 Å². The molecule has 0 aromatic carbocycles. The maximum absolute atomic E-state index is 12.3. The molecular formula is C29H44O3. The molecule has 8 unspecified atom stereocenters. The number of rotatable bonds is 5. The van der Waals surface area contributed by atoms with Crippen molar-refractivity contribution in [3.63, 3.8) is 0 Å². The van der Waals surface area contributed by atoms with Gasteiger partial charge in [0.2, 0.25) is 0 Å². The van der Waals surface area contributed by atoms with E-state index in [2.05, 4.69) is 40.3 Å². The molecule has 0 heterocycles.